The van der Waals surface area contributed by atoms with Gasteiger partial charge in [0.2, 0.25) is 5.95 Å². The first kappa shape index (κ1) is 24.0. The average molecular weight is 535 g/mol. The van der Waals surface area contributed by atoms with Crippen molar-refractivity contribution >= 4 is 46.5 Å². The lowest BCUT2D eigenvalue weighted by atomic mass is 9.98. The molecule has 5 heterocycles. The molecule has 0 saturated carbocycles. The summed E-state index contributed by atoms with van der Waals surface area (Å²) in [6.07, 6.45) is 1.50. The van der Waals surface area contributed by atoms with Gasteiger partial charge in [-0.25, -0.2) is 9.78 Å². The maximum Gasteiger partial charge on any atom is 0.410 e. The van der Waals surface area contributed by atoms with Crippen molar-refractivity contribution < 1.29 is 14.3 Å². The number of anilines is 4. The van der Waals surface area contributed by atoms with Crippen molar-refractivity contribution in [3.8, 4) is 12.1 Å². The second kappa shape index (κ2) is 9.52. The van der Waals surface area contributed by atoms with E-state index in [4.69, 9.17) is 21.1 Å². The Labute approximate surface area is 222 Å². The molecule has 0 aliphatic carbocycles. The summed E-state index contributed by atoms with van der Waals surface area (Å²) in [4.78, 5) is 25.1. The number of fused-ring (bicyclic) bond motifs is 2. The van der Waals surface area contributed by atoms with Crippen LogP contribution in [0.2, 0.25) is 5.02 Å². The molecule has 38 heavy (non-hydrogen) atoms. The van der Waals surface area contributed by atoms with Gasteiger partial charge in [-0.15, -0.1) is 5.10 Å². The molecular formula is C24H23ClN10O3. The zero-order valence-corrected chi connectivity index (χ0v) is 21.1. The van der Waals surface area contributed by atoms with Gasteiger partial charge in [-0.3, -0.25) is 4.90 Å². The molecule has 3 fully saturated rings. The molecule has 0 unspecified atom stereocenters. The second-order valence-electron chi connectivity index (χ2n) is 9.22. The van der Waals surface area contributed by atoms with Crippen LogP contribution in [0.4, 0.5) is 27.9 Å². The van der Waals surface area contributed by atoms with Crippen molar-refractivity contribution in [2.75, 3.05) is 48.4 Å². The molecule has 13 nitrogen and oxygen atoms in total. The molecule has 194 valence electrons. The van der Waals surface area contributed by atoms with Gasteiger partial charge in [-0.2, -0.15) is 20.0 Å². The van der Waals surface area contributed by atoms with E-state index in [0.29, 0.717) is 72.7 Å². The van der Waals surface area contributed by atoms with Crippen LogP contribution in [0.5, 0.6) is 0 Å². The molecule has 2 atom stereocenters. The molecule has 3 aromatic rings. The standard InChI is InChI=1S/C24H23ClN10O3/c1-2-28-21-22-29-9-14(8-27)35(22)32-23(31-21)30-16-5-13(7-26)6-18(20(16)25)33-4-3-17-19(10-33)38-24(36)34(17)15-11-37-12-15/h5-6,9,15,17,19H,2-4,10-12H2,1H3,(H2,28,30,31,32)/t17-,19-/m0/s1. The fourth-order valence-corrected chi connectivity index (χ4v) is 5.37. The Morgan fingerprint density at radius 3 is 2.82 bits per heavy atom. The summed E-state index contributed by atoms with van der Waals surface area (Å²) in [6.45, 7) is 4.65. The highest BCUT2D eigenvalue weighted by Gasteiger charge is 2.49. The predicted octanol–water partition coefficient (Wildman–Crippen LogP) is 2.49. The Morgan fingerprint density at radius 1 is 1.26 bits per heavy atom. The number of benzene rings is 1. The molecule has 0 radical (unpaired) electrons. The number of piperidine rings is 1. The smallest absolute Gasteiger partial charge is 0.410 e. The van der Waals surface area contributed by atoms with Crippen LogP contribution in [0.3, 0.4) is 0 Å². The van der Waals surface area contributed by atoms with Crippen LogP contribution in [-0.4, -0.2) is 81.6 Å². The molecule has 0 bridgehead atoms. The number of carbonyl (C=O) groups is 1. The molecule has 3 aliphatic rings. The van der Waals surface area contributed by atoms with Crippen LogP contribution in [0.1, 0.15) is 24.6 Å². The summed E-state index contributed by atoms with van der Waals surface area (Å²) in [7, 11) is 0. The minimum absolute atomic E-state index is 0.0164. The van der Waals surface area contributed by atoms with Gasteiger partial charge in [0, 0.05) is 13.1 Å². The third-order valence-corrected chi connectivity index (χ3v) is 7.35. The Kier molecular flexibility index (Phi) is 6.02. The van der Waals surface area contributed by atoms with Crippen LogP contribution >= 0.6 is 11.6 Å². The van der Waals surface area contributed by atoms with E-state index in [-0.39, 0.29) is 35.9 Å². The number of aromatic nitrogens is 4. The van der Waals surface area contributed by atoms with Gasteiger partial charge in [-0.05, 0) is 25.5 Å². The summed E-state index contributed by atoms with van der Waals surface area (Å²) < 4.78 is 12.4. The molecular weight excluding hydrogens is 512 g/mol. The van der Waals surface area contributed by atoms with Crippen LogP contribution in [0.25, 0.3) is 5.65 Å². The lowest BCUT2D eigenvalue weighted by molar-refractivity contribution is -0.0567. The lowest BCUT2D eigenvalue weighted by Gasteiger charge is -2.41. The number of carbonyl (C=O) groups excluding carboxylic acids is 1. The minimum atomic E-state index is -0.311. The third kappa shape index (κ3) is 3.97. The first-order chi connectivity index (χ1) is 18.5. The van der Waals surface area contributed by atoms with E-state index in [2.05, 4.69) is 37.8 Å². The van der Waals surface area contributed by atoms with Crippen molar-refractivity contribution in [3.63, 3.8) is 0 Å². The number of halogens is 1. The van der Waals surface area contributed by atoms with E-state index < -0.39 is 0 Å². The highest BCUT2D eigenvalue weighted by atomic mass is 35.5. The zero-order valence-electron chi connectivity index (χ0n) is 20.4. The van der Waals surface area contributed by atoms with Crippen molar-refractivity contribution in [1.29, 1.82) is 10.5 Å². The summed E-state index contributed by atoms with van der Waals surface area (Å²) in [5.41, 5.74) is 2.13. The van der Waals surface area contributed by atoms with E-state index in [1.54, 1.807) is 12.1 Å². The van der Waals surface area contributed by atoms with Crippen LogP contribution < -0.4 is 15.5 Å². The van der Waals surface area contributed by atoms with E-state index >= 15 is 0 Å². The van der Waals surface area contributed by atoms with Gasteiger partial charge >= 0.3 is 6.09 Å². The molecule has 2 N–H and O–H groups in total. The first-order valence-corrected chi connectivity index (χ1v) is 12.6. The van der Waals surface area contributed by atoms with Gasteiger partial charge < -0.3 is 25.0 Å². The molecule has 1 aromatic carbocycles. The van der Waals surface area contributed by atoms with E-state index in [1.807, 2.05) is 16.7 Å². The molecule has 3 aliphatic heterocycles. The normalized spacial score (nSPS) is 20.9. The van der Waals surface area contributed by atoms with E-state index in [0.717, 1.165) is 0 Å². The summed E-state index contributed by atoms with van der Waals surface area (Å²) in [5.74, 6) is 0.624. The van der Waals surface area contributed by atoms with Crippen LogP contribution in [0, 0.1) is 22.7 Å². The molecule has 14 heteroatoms. The number of hydrogen-bond acceptors (Lipinski definition) is 11. The topological polar surface area (TPSA) is 157 Å². The Morgan fingerprint density at radius 2 is 2.11 bits per heavy atom. The van der Waals surface area contributed by atoms with E-state index in [9.17, 15) is 15.3 Å². The summed E-state index contributed by atoms with van der Waals surface area (Å²) in [6, 6.07) is 7.63. The van der Waals surface area contributed by atoms with Gasteiger partial charge in [0.25, 0.3) is 0 Å². The van der Waals surface area contributed by atoms with Gasteiger partial charge in [-0.1, -0.05) is 11.6 Å². The Bertz CT molecular complexity index is 1510. The minimum Gasteiger partial charge on any atom is -0.442 e. The number of nitrogens with one attached hydrogen (secondary N) is 2. The summed E-state index contributed by atoms with van der Waals surface area (Å²) >= 11 is 6.87. The largest absolute Gasteiger partial charge is 0.442 e. The van der Waals surface area contributed by atoms with E-state index in [1.165, 1.54) is 10.7 Å². The molecule has 6 rings (SSSR count). The second-order valence-corrected chi connectivity index (χ2v) is 9.60. The quantitative estimate of drug-likeness (QED) is 0.478. The number of nitriles is 2. The number of hydrogen-bond donors (Lipinski definition) is 2. The SMILES string of the molecule is CCNc1nc(Nc2cc(C#N)cc(N3CC[C@H]4[C@H](C3)OC(=O)N4C3COC3)c2Cl)nn2c(C#N)cnc12. The monoisotopic (exact) mass is 534 g/mol. The Balaban J connectivity index is 1.31. The number of nitrogens with zero attached hydrogens (tertiary/aromatic N) is 8. The van der Waals surface area contributed by atoms with Gasteiger partial charge in [0.05, 0.1) is 66.1 Å². The molecule has 1 amide bonds. The lowest BCUT2D eigenvalue weighted by Crippen LogP contribution is -2.57. The number of ether oxygens (including phenoxy) is 2. The number of amides is 1. The molecule has 0 spiro atoms. The van der Waals surface area contributed by atoms with Gasteiger partial charge in [0.15, 0.2) is 17.2 Å². The fraction of sp³-hybridized carbons (Fsp3) is 0.417. The fourth-order valence-electron chi connectivity index (χ4n) is 5.10. The Hall–Kier alpha value is -4.33. The van der Waals surface area contributed by atoms with Crippen LogP contribution in [0.15, 0.2) is 18.3 Å². The van der Waals surface area contributed by atoms with Crippen LogP contribution in [-0.2, 0) is 9.47 Å². The van der Waals surface area contributed by atoms with Crippen molar-refractivity contribution in [1.82, 2.24) is 24.5 Å². The maximum absolute atomic E-state index is 12.5. The van der Waals surface area contributed by atoms with Crippen molar-refractivity contribution in [2.45, 2.75) is 31.5 Å². The molecule has 3 saturated heterocycles. The van der Waals surface area contributed by atoms with Gasteiger partial charge in [0.1, 0.15) is 12.2 Å². The highest BCUT2D eigenvalue weighted by molar-refractivity contribution is 6.36. The maximum atomic E-state index is 12.5. The third-order valence-electron chi connectivity index (χ3n) is 6.95. The predicted molar refractivity (Wildman–Crippen MR) is 136 cm³/mol. The molecule has 2 aromatic heterocycles. The zero-order chi connectivity index (χ0) is 26.4. The summed E-state index contributed by atoms with van der Waals surface area (Å²) in [5, 5.41) is 30.2. The average Bonchev–Trinajstić information content (AvgIpc) is 3.44. The number of imidazole rings is 1. The number of rotatable bonds is 6. The van der Waals surface area contributed by atoms with Crippen molar-refractivity contribution in [3.05, 3.63) is 34.6 Å². The van der Waals surface area contributed by atoms with Crippen molar-refractivity contribution in [2.24, 2.45) is 0 Å². The first-order valence-electron chi connectivity index (χ1n) is 12.2. The highest BCUT2D eigenvalue weighted by Crippen LogP contribution is 2.39.